The summed E-state index contributed by atoms with van der Waals surface area (Å²) in [6.45, 7) is 4.26. The zero-order valence-electron chi connectivity index (χ0n) is 18.5. The molecule has 1 unspecified atom stereocenters. The summed E-state index contributed by atoms with van der Waals surface area (Å²) < 4.78 is 12.2. The van der Waals surface area contributed by atoms with Crippen molar-refractivity contribution in [2.24, 2.45) is 0 Å². The van der Waals surface area contributed by atoms with Crippen LogP contribution in [0.25, 0.3) is 11.0 Å². The van der Waals surface area contributed by atoms with Crippen LogP contribution < -0.4 is 15.1 Å². The molecule has 2 heterocycles. The van der Waals surface area contributed by atoms with E-state index in [1.54, 1.807) is 36.3 Å². The average Bonchev–Trinajstić information content (AvgIpc) is 3.12. The van der Waals surface area contributed by atoms with E-state index in [2.05, 4.69) is 29.8 Å². The topological polar surface area (TPSA) is 59.8 Å². The highest BCUT2D eigenvalue weighted by Crippen LogP contribution is 2.42. The number of amides is 1. The maximum absolute atomic E-state index is 13.7. The van der Waals surface area contributed by atoms with Crippen LogP contribution in [0.3, 0.4) is 0 Å². The molecule has 1 atom stereocenters. The third-order valence-corrected chi connectivity index (χ3v) is 6.58. The fourth-order valence-electron chi connectivity index (χ4n) is 4.35. The van der Waals surface area contributed by atoms with E-state index in [9.17, 15) is 9.59 Å². The summed E-state index contributed by atoms with van der Waals surface area (Å²) in [4.78, 5) is 29.0. The Morgan fingerprint density at radius 1 is 1.00 bits per heavy atom. The monoisotopic (exact) mass is 503 g/mol. The van der Waals surface area contributed by atoms with Crippen LogP contribution in [0.5, 0.6) is 5.75 Å². The van der Waals surface area contributed by atoms with Crippen molar-refractivity contribution < 1.29 is 13.9 Å². The first-order chi connectivity index (χ1) is 15.9. The highest BCUT2D eigenvalue weighted by atomic mass is 79.9. The first-order valence-electron chi connectivity index (χ1n) is 10.7. The molecule has 166 valence electrons. The van der Waals surface area contributed by atoms with Crippen molar-refractivity contribution in [3.63, 3.8) is 0 Å². The lowest BCUT2D eigenvalue weighted by molar-refractivity contribution is 0.0971. The van der Waals surface area contributed by atoms with Crippen LogP contribution >= 0.6 is 15.9 Å². The lowest BCUT2D eigenvalue weighted by atomic mass is 9.95. The van der Waals surface area contributed by atoms with Crippen LogP contribution in [0.4, 0.5) is 5.69 Å². The number of halogens is 1. The van der Waals surface area contributed by atoms with Crippen LogP contribution in [0.15, 0.2) is 80.4 Å². The van der Waals surface area contributed by atoms with E-state index in [0.717, 1.165) is 10.0 Å². The van der Waals surface area contributed by atoms with Gasteiger partial charge < -0.3 is 9.15 Å². The van der Waals surface area contributed by atoms with Gasteiger partial charge in [-0.05, 0) is 47.4 Å². The zero-order valence-corrected chi connectivity index (χ0v) is 20.0. The van der Waals surface area contributed by atoms with Gasteiger partial charge in [0, 0.05) is 16.2 Å². The molecular formula is C27H22BrNO4. The Balaban J connectivity index is 1.78. The quantitative estimate of drug-likeness (QED) is 0.321. The SMILES string of the molecule is COc1cccc(N2C(=O)c3oc4ccc(Br)cc4c(=O)c3C2c2ccc(C(C)C)cc2)c1. The molecule has 0 N–H and O–H groups in total. The molecule has 1 aromatic heterocycles. The first-order valence-corrected chi connectivity index (χ1v) is 11.5. The Hall–Kier alpha value is -3.38. The van der Waals surface area contributed by atoms with Crippen molar-refractivity contribution in [1.82, 2.24) is 0 Å². The first kappa shape index (κ1) is 21.5. The van der Waals surface area contributed by atoms with Crippen molar-refractivity contribution >= 4 is 38.5 Å². The maximum atomic E-state index is 13.7. The molecule has 1 aliphatic heterocycles. The molecule has 5 rings (SSSR count). The maximum Gasteiger partial charge on any atom is 0.295 e. The summed E-state index contributed by atoms with van der Waals surface area (Å²) in [6.07, 6.45) is 0. The highest BCUT2D eigenvalue weighted by molar-refractivity contribution is 9.10. The molecular weight excluding hydrogens is 482 g/mol. The smallest absolute Gasteiger partial charge is 0.295 e. The molecule has 0 radical (unpaired) electrons. The van der Waals surface area contributed by atoms with Gasteiger partial charge in [-0.3, -0.25) is 14.5 Å². The van der Waals surface area contributed by atoms with E-state index in [1.165, 1.54) is 5.56 Å². The van der Waals surface area contributed by atoms with Gasteiger partial charge >= 0.3 is 0 Å². The minimum Gasteiger partial charge on any atom is -0.497 e. The molecule has 5 nitrogen and oxygen atoms in total. The number of benzene rings is 3. The number of rotatable bonds is 4. The van der Waals surface area contributed by atoms with E-state index >= 15 is 0 Å². The molecule has 0 saturated carbocycles. The molecule has 0 aliphatic carbocycles. The second kappa shape index (κ2) is 8.19. The predicted octanol–water partition coefficient (Wildman–Crippen LogP) is 6.44. The van der Waals surface area contributed by atoms with Gasteiger partial charge in [-0.2, -0.15) is 0 Å². The van der Waals surface area contributed by atoms with Gasteiger partial charge in [0.05, 0.1) is 24.1 Å². The van der Waals surface area contributed by atoms with Crippen LogP contribution in [-0.2, 0) is 0 Å². The summed E-state index contributed by atoms with van der Waals surface area (Å²) in [7, 11) is 1.58. The fraction of sp³-hybridized carbons (Fsp3) is 0.185. The van der Waals surface area contributed by atoms with Gasteiger partial charge in [0.2, 0.25) is 5.76 Å². The van der Waals surface area contributed by atoms with E-state index in [0.29, 0.717) is 33.9 Å². The van der Waals surface area contributed by atoms with Gasteiger partial charge in [0.1, 0.15) is 11.3 Å². The number of ether oxygens (including phenoxy) is 1. The molecule has 1 aliphatic rings. The largest absolute Gasteiger partial charge is 0.497 e. The molecule has 6 heteroatoms. The highest BCUT2D eigenvalue weighted by Gasteiger charge is 2.43. The van der Waals surface area contributed by atoms with Crippen LogP contribution in [-0.4, -0.2) is 13.0 Å². The molecule has 3 aromatic carbocycles. The van der Waals surface area contributed by atoms with Crippen molar-refractivity contribution in [3.05, 3.63) is 104 Å². The number of anilines is 1. The minimum atomic E-state index is -0.611. The molecule has 0 saturated heterocycles. The second-order valence-electron chi connectivity index (χ2n) is 8.42. The number of fused-ring (bicyclic) bond motifs is 2. The van der Waals surface area contributed by atoms with Crippen LogP contribution in [0.1, 0.15) is 53.1 Å². The van der Waals surface area contributed by atoms with Gasteiger partial charge in [-0.15, -0.1) is 0 Å². The number of nitrogens with zero attached hydrogens (tertiary/aromatic N) is 1. The Labute approximate surface area is 199 Å². The van der Waals surface area contributed by atoms with Gasteiger partial charge in [0.25, 0.3) is 5.91 Å². The summed E-state index contributed by atoms with van der Waals surface area (Å²) in [5, 5.41) is 0.437. The Bertz CT molecular complexity index is 1440. The predicted molar refractivity (Wildman–Crippen MR) is 132 cm³/mol. The van der Waals surface area contributed by atoms with E-state index in [1.807, 2.05) is 42.5 Å². The lowest BCUT2D eigenvalue weighted by Crippen LogP contribution is -2.29. The van der Waals surface area contributed by atoms with Crippen LogP contribution in [0, 0.1) is 0 Å². The Morgan fingerprint density at radius 3 is 2.45 bits per heavy atom. The molecule has 1 amide bonds. The molecule has 0 fully saturated rings. The summed E-state index contributed by atoms with van der Waals surface area (Å²) in [6, 6.07) is 20.0. The van der Waals surface area contributed by atoms with Crippen molar-refractivity contribution in [2.75, 3.05) is 12.0 Å². The molecule has 0 spiro atoms. The number of hydrogen-bond acceptors (Lipinski definition) is 4. The second-order valence-corrected chi connectivity index (χ2v) is 9.33. The van der Waals surface area contributed by atoms with E-state index < -0.39 is 6.04 Å². The Morgan fingerprint density at radius 2 is 1.76 bits per heavy atom. The van der Waals surface area contributed by atoms with Gasteiger partial charge in [0.15, 0.2) is 5.43 Å². The van der Waals surface area contributed by atoms with Crippen LogP contribution in [0.2, 0.25) is 0 Å². The van der Waals surface area contributed by atoms with Gasteiger partial charge in [-0.1, -0.05) is 60.1 Å². The summed E-state index contributed by atoms with van der Waals surface area (Å²) >= 11 is 3.43. The normalized spacial score (nSPS) is 15.4. The van der Waals surface area contributed by atoms with E-state index in [-0.39, 0.29) is 17.1 Å². The number of hydrogen-bond donors (Lipinski definition) is 0. The number of carbonyl (C=O) groups is 1. The third kappa shape index (κ3) is 3.55. The number of carbonyl (C=O) groups excluding carboxylic acids is 1. The standard InChI is InChI=1S/C27H22BrNO4/c1-15(2)16-7-9-17(10-8-16)24-23-25(30)21-13-18(28)11-12-22(21)33-26(23)27(31)29(24)19-5-4-6-20(14-19)32-3/h4-15,24H,1-3H3. The minimum absolute atomic E-state index is 0.0792. The molecule has 33 heavy (non-hydrogen) atoms. The average molecular weight is 504 g/mol. The third-order valence-electron chi connectivity index (χ3n) is 6.08. The summed E-state index contributed by atoms with van der Waals surface area (Å²) in [5.41, 5.74) is 3.20. The van der Waals surface area contributed by atoms with Crippen molar-refractivity contribution in [1.29, 1.82) is 0 Å². The van der Waals surface area contributed by atoms with E-state index in [4.69, 9.17) is 9.15 Å². The summed E-state index contributed by atoms with van der Waals surface area (Å²) in [5.74, 6) is 0.727. The molecule has 4 aromatic rings. The lowest BCUT2D eigenvalue weighted by Gasteiger charge is -2.26. The Kier molecular flexibility index (Phi) is 5.33. The van der Waals surface area contributed by atoms with Gasteiger partial charge in [-0.25, -0.2) is 0 Å². The molecule has 0 bridgehead atoms. The fourth-order valence-corrected chi connectivity index (χ4v) is 4.71. The van der Waals surface area contributed by atoms with Crippen molar-refractivity contribution in [2.45, 2.75) is 25.8 Å². The number of methoxy groups -OCH3 is 1. The van der Waals surface area contributed by atoms with Crippen molar-refractivity contribution in [3.8, 4) is 5.75 Å². The zero-order chi connectivity index (χ0) is 23.3.